The molecule has 0 unspecified atom stereocenters. The summed E-state index contributed by atoms with van der Waals surface area (Å²) in [6.45, 7) is 1.34. The van der Waals surface area contributed by atoms with Crippen molar-refractivity contribution in [2.45, 2.75) is 25.1 Å². The van der Waals surface area contributed by atoms with E-state index in [0.717, 1.165) is 18.9 Å². The quantitative estimate of drug-likeness (QED) is 0.606. The summed E-state index contributed by atoms with van der Waals surface area (Å²) in [7, 11) is 4.09. The monoisotopic (exact) mass is 442 g/mol. The third-order valence-corrected chi connectivity index (χ3v) is 5.99. The number of halogens is 3. The first-order chi connectivity index (χ1) is 15.3. The van der Waals surface area contributed by atoms with Crippen LogP contribution in [0.15, 0.2) is 54.7 Å². The SMILES string of the molecule is CN(C)C1CCN(C(=O)c2ccccc2Nc2ccnc3c(C(F)(F)F)cccc23)CC1. The molecule has 8 heteroatoms. The number of pyridine rings is 1. The van der Waals surface area contributed by atoms with Gasteiger partial charge in [-0.25, -0.2) is 0 Å². The first kappa shape index (κ1) is 22.1. The number of likely N-dealkylation sites (tertiary alicyclic amines) is 1. The van der Waals surface area contributed by atoms with Crippen molar-refractivity contribution in [3.8, 4) is 0 Å². The molecule has 2 heterocycles. The number of carbonyl (C=O) groups excluding carboxylic acids is 1. The van der Waals surface area contributed by atoms with E-state index < -0.39 is 11.7 Å². The Morgan fingerprint density at radius 3 is 2.44 bits per heavy atom. The van der Waals surface area contributed by atoms with Crippen molar-refractivity contribution >= 4 is 28.2 Å². The lowest BCUT2D eigenvalue weighted by Crippen LogP contribution is -2.44. The molecule has 168 valence electrons. The first-order valence-electron chi connectivity index (χ1n) is 10.5. The van der Waals surface area contributed by atoms with Crippen LogP contribution in [0.5, 0.6) is 0 Å². The van der Waals surface area contributed by atoms with Crippen LogP contribution >= 0.6 is 0 Å². The summed E-state index contributed by atoms with van der Waals surface area (Å²) in [6, 6.07) is 13.1. The molecule has 2 aromatic carbocycles. The zero-order valence-electron chi connectivity index (χ0n) is 18.0. The Hall–Kier alpha value is -3.13. The number of anilines is 2. The summed E-state index contributed by atoms with van der Waals surface area (Å²) in [5.41, 5.74) is 0.601. The summed E-state index contributed by atoms with van der Waals surface area (Å²) in [5, 5.41) is 3.52. The number of piperidine rings is 1. The van der Waals surface area contributed by atoms with Crippen molar-refractivity contribution in [3.63, 3.8) is 0 Å². The summed E-state index contributed by atoms with van der Waals surface area (Å²) < 4.78 is 40.2. The van der Waals surface area contributed by atoms with Crippen molar-refractivity contribution < 1.29 is 18.0 Å². The predicted octanol–water partition coefficient (Wildman–Crippen LogP) is 5.16. The number of rotatable bonds is 4. The fraction of sp³-hybridized carbons (Fsp3) is 0.333. The molecule has 0 bridgehead atoms. The standard InChI is InChI=1S/C24H25F3N4O/c1-30(2)16-11-14-31(15-12-16)23(32)18-6-3-4-9-20(18)29-21-10-13-28-22-17(21)7-5-8-19(22)24(25,26)27/h3-10,13,16H,11-12,14-15H2,1-2H3,(H,28,29). The van der Waals surface area contributed by atoms with E-state index in [1.165, 1.54) is 12.3 Å². The average molecular weight is 442 g/mol. The van der Waals surface area contributed by atoms with Crippen LogP contribution in [0, 0.1) is 0 Å². The second-order valence-corrected chi connectivity index (χ2v) is 8.22. The van der Waals surface area contributed by atoms with Crippen molar-refractivity contribution in [2.75, 3.05) is 32.5 Å². The second-order valence-electron chi connectivity index (χ2n) is 8.22. The van der Waals surface area contributed by atoms with E-state index in [-0.39, 0.29) is 11.4 Å². The van der Waals surface area contributed by atoms with Crippen molar-refractivity contribution in [1.82, 2.24) is 14.8 Å². The van der Waals surface area contributed by atoms with Gasteiger partial charge in [0.15, 0.2) is 0 Å². The topological polar surface area (TPSA) is 48.5 Å². The molecule has 1 aromatic heterocycles. The average Bonchev–Trinajstić information content (AvgIpc) is 2.78. The lowest BCUT2D eigenvalue weighted by Gasteiger charge is -2.35. The number of fused-ring (bicyclic) bond motifs is 1. The fourth-order valence-corrected chi connectivity index (χ4v) is 4.19. The molecule has 1 aliphatic rings. The number of benzene rings is 2. The number of alkyl halides is 3. The van der Waals surface area contributed by atoms with Gasteiger partial charge in [0.25, 0.3) is 5.91 Å². The van der Waals surface area contributed by atoms with Gasteiger partial charge >= 0.3 is 6.18 Å². The molecule has 5 nitrogen and oxygen atoms in total. The van der Waals surface area contributed by atoms with Crippen LogP contribution in [0.25, 0.3) is 10.9 Å². The Balaban J connectivity index is 1.63. The highest BCUT2D eigenvalue weighted by atomic mass is 19.4. The van der Waals surface area contributed by atoms with Gasteiger partial charge in [-0.1, -0.05) is 24.3 Å². The van der Waals surface area contributed by atoms with Gasteiger partial charge < -0.3 is 15.1 Å². The highest BCUT2D eigenvalue weighted by Gasteiger charge is 2.33. The first-order valence-corrected chi connectivity index (χ1v) is 10.5. The number of carbonyl (C=O) groups is 1. The lowest BCUT2D eigenvalue weighted by atomic mass is 10.0. The van der Waals surface area contributed by atoms with Crippen LogP contribution in [-0.4, -0.2) is 53.9 Å². The van der Waals surface area contributed by atoms with Crippen molar-refractivity contribution in [1.29, 1.82) is 0 Å². The van der Waals surface area contributed by atoms with Gasteiger partial charge in [0, 0.05) is 36.4 Å². The molecule has 4 rings (SSSR count). The summed E-state index contributed by atoms with van der Waals surface area (Å²) in [4.78, 5) is 21.2. The smallest absolute Gasteiger partial charge is 0.354 e. The molecule has 0 saturated carbocycles. The highest BCUT2D eigenvalue weighted by Crippen LogP contribution is 2.36. The molecule has 0 spiro atoms. The summed E-state index contributed by atoms with van der Waals surface area (Å²) >= 11 is 0. The Labute approximate surface area is 184 Å². The molecule has 1 N–H and O–H groups in total. The van der Waals surface area contributed by atoms with Gasteiger partial charge in [-0.15, -0.1) is 0 Å². The minimum atomic E-state index is -4.50. The Kier molecular flexibility index (Phi) is 6.06. The number of hydrogen-bond donors (Lipinski definition) is 1. The van der Waals surface area contributed by atoms with Gasteiger partial charge in [-0.2, -0.15) is 13.2 Å². The molecule has 3 aromatic rings. The summed E-state index contributed by atoms with van der Waals surface area (Å²) in [6.07, 6.45) is -1.35. The summed E-state index contributed by atoms with van der Waals surface area (Å²) in [5.74, 6) is -0.0837. The lowest BCUT2D eigenvalue weighted by molar-refractivity contribution is -0.136. The zero-order chi connectivity index (χ0) is 22.9. The number of nitrogens with zero attached hydrogens (tertiary/aromatic N) is 3. The van der Waals surface area contributed by atoms with Gasteiger partial charge in [-0.3, -0.25) is 9.78 Å². The van der Waals surface area contributed by atoms with E-state index in [0.29, 0.717) is 41.5 Å². The van der Waals surface area contributed by atoms with Gasteiger partial charge in [0.2, 0.25) is 0 Å². The normalized spacial score (nSPS) is 15.4. The number of hydrogen-bond acceptors (Lipinski definition) is 4. The molecule has 0 radical (unpaired) electrons. The maximum atomic E-state index is 13.4. The number of amides is 1. The van der Waals surface area contributed by atoms with Gasteiger partial charge in [0.1, 0.15) is 0 Å². The van der Waals surface area contributed by atoms with Crippen molar-refractivity contribution in [2.24, 2.45) is 0 Å². The maximum absolute atomic E-state index is 13.4. The fourth-order valence-electron chi connectivity index (χ4n) is 4.19. The minimum absolute atomic E-state index is 0.0837. The zero-order valence-corrected chi connectivity index (χ0v) is 18.0. The predicted molar refractivity (Wildman–Crippen MR) is 119 cm³/mol. The molecule has 1 fully saturated rings. The molecule has 0 aliphatic carbocycles. The van der Waals surface area contributed by atoms with E-state index in [2.05, 4.69) is 15.2 Å². The Morgan fingerprint density at radius 1 is 1.03 bits per heavy atom. The number of para-hydroxylation sites is 2. The maximum Gasteiger partial charge on any atom is 0.418 e. The minimum Gasteiger partial charge on any atom is -0.354 e. The molecular weight excluding hydrogens is 417 g/mol. The number of aromatic nitrogens is 1. The molecule has 1 aliphatic heterocycles. The van der Waals surface area contributed by atoms with Crippen LogP contribution in [0.2, 0.25) is 0 Å². The van der Waals surface area contributed by atoms with E-state index in [1.54, 1.807) is 36.4 Å². The molecule has 1 saturated heterocycles. The third-order valence-electron chi connectivity index (χ3n) is 5.99. The van der Waals surface area contributed by atoms with Crippen LogP contribution in [-0.2, 0) is 6.18 Å². The van der Waals surface area contributed by atoms with Crippen molar-refractivity contribution in [3.05, 3.63) is 65.9 Å². The largest absolute Gasteiger partial charge is 0.418 e. The molecule has 0 atom stereocenters. The molecule has 1 amide bonds. The number of nitrogens with one attached hydrogen (secondary N) is 1. The third kappa shape index (κ3) is 4.41. The van der Waals surface area contributed by atoms with E-state index in [4.69, 9.17) is 0 Å². The Morgan fingerprint density at radius 2 is 1.75 bits per heavy atom. The van der Waals surface area contributed by atoms with Crippen LogP contribution in [0.4, 0.5) is 24.5 Å². The van der Waals surface area contributed by atoms with Crippen LogP contribution in [0.3, 0.4) is 0 Å². The van der Waals surface area contributed by atoms with Gasteiger partial charge in [-0.05, 0) is 51.2 Å². The van der Waals surface area contributed by atoms with Crippen LogP contribution < -0.4 is 5.32 Å². The van der Waals surface area contributed by atoms with Crippen LogP contribution in [0.1, 0.15) is 28.8 Å². The van der Waals surface area contributed by atoms with Gasteiger partial charge in [0.05, 0.1) is 22.3 Å². The van der Waals surface area contributed by atoms with E-state index in [9.17, 15) is 18.0 Å². The van der Waals surface area contributed by atoms with E-state index >= 15 is 0 Å². The highest BCUT2D eigenvalue weighted by molar-refractivity contribution is 6.02. The van der Waals surface area contributed by atoms with E-state index in [1.807, 2.05) is 19.0 Å². The second kappa shape index (κ2) is 8.78. The Bertz CT molecular complexity index is 1120. The molecular formula is C24H25F3N4O. The molecule has 32 heavy (non-hydrogen) atoms.